The zero-order chi connectivity index (χ0) is 13.8. The molecule has 0 atom stereocenters. The molecule has 0 aliphatic carbocycles. The van der Waals surface area contributed by atoms with E-state index in [1.807, 2.05) is 4.72 Å². The van der Waals surface area contributed by atoms with E-state index in [9.17, 15) is 18.0 Å². The van der Waals surface area contributed by atoms with Gasteiger partial charge in [-0.25, -0.2) is 19.2 Å². The summed E-state index contributed by atoms with van der Waals surface area (Å²) in [4.78, 5) is 24.8. The van der Waals surface area contributed by atoms with Crippen LogP contribution in [0.25, 0.3) is 0 Å². The molecule has 1 aromatic heterocycles. The molecule has 1 amide bonds. The van der Waals surface area contributed by atoms with E-state index in [0.717, 1.165) is 18.4 Å². The molecule has 0 radical (unpaired) electrons. The van der Waals surface area contributed by atoms with Crippen LogP contribution in [0.5, 0.6) is 0 Å². The maximum absolute atomic E-state index is 11.3. The SMILES string of the molecule is COC(=O)NS(=O)(=O)Nc1nc(CC(=O)O)cs1. The first-order valence-electron chi connectivity index (χ1n) is 4.37. The van der Waals surface area contributed by atoms with E-state index >= 15 is 0 Å². The Morgan fingerprint density at radius 2 is 2.22 bits per heavy atom. The molecule has 0 saturated heterocycles. The number of nitrogens with zero attached hydrogens (tertiary/aromatic N) is 1. The minimum absolute atomic E-state index is 0.0531. The lowest BCUT2D eigenvalue weighted by atomic mass is 10.3. The number of rotatable bonds is 5. The number of carboxylic acid groups (broad SMARTS) is 1. The van der Waals surface area contributed by atoms with Gasteiger partial charge in [-0.15, -0.1) is 11.3 Å². The Kier molecular flexibility index (Phi) is 4.44. The average Bonchev–Trinajstić information content (AvgIpc) is 2.62. The highest BCUT2D eigenvalue weighted by Crippen LogP contribution is 2.16. The van der Waals surface area contributed by atoms with Gasteiger partial charge in [-0.05, 0) is 0 Å². The lowest BCUT2D eigenvalue weighted by Crippen LogP contribution is -2.35. The van der Waals surface area contributed by atoms with Gasteiger partial charge in [0.05, 0.1) is 19.2 Å². The summed E-state index contributed by atoms with van der Waals surface area (Å²) in [5.74, 6) is -1.08. The Hall–Kier alpha value is -1.88. The lowest BCUT2D eigenvalue weighted by Gasteiger charge is -2.05. The molecule has 0 fully saturated rings. The van der Waals surface area contributed by atoms with Gasteiger partial charge in [0.15, 0.2) is 5.13 Å². The summed E-state index contributed by atoms with van der Waals surface area (Å²) in [7, 11) is -3.12. The number of carbonyl (C=O) groups is 2. The van der Waals surface area contributed by atoms with Gasteiger partial charge in [0.2, 0.25) is 0 Å². The van der Waals surface area contributed by atoms with Crippen LogP contribution < -0.4 is 9.44 Å². The van der Waals surface area contributed by atoms with Crippen molar-refractivity contribution in [2.24, 2.45) is 0 Å². The van der Waals surface area contributed by atoms with E-state index in [0.29, 0.717) is 0 Å². The molecule has 9 nitrogen and oxygen atoms in total. The topological polar surface area (TPSA) is 135 Å². The maximum atomic E-state index is 11.3. The first-order valence-corrected chi connectivity index (χ1v) is 6.73. The third-order valence-electron chi connectivity index (χ3n) is 1.51. The average molecular weight is 295 g/mol. The maximum Gasteiger partial charge on any atom is 0.422 e. The Balaban J connectivity index is 2.69. The summed E-state index contributed by atoms with van der Waals surface area (Å²) < 4.78 is 30.3. The molecule has 1 aromatic rings. The van der Waals surface area contributed by atoms with E-state index < -0.39 is 22.3 Å². The minimum atomic E-state index is -4.14. The van der Waals surface area contributed by atoms with Crippen LogP contribution in [0, 0.1) is 0 Å². The van der Waals surface area contributed by atoms with Crippen molar-refractivity contribution in [1.82, 2.24) is 9.71 Å². The summed E-state index contributed by atoms with van der Waals surface area (Å²) in [6.07, 6.45) is -1.47. The second-order valence-corrected chi connectivity index (χ2v) is 5.19. The van der Waals surface area contributed by atoms with Gasteiger partial charge >= 0.3 is 22.3 Å². The van der Waals surface area contributed by atoms with Gasteiger partial charge in [-0.2, -0.15) is 8.42 Å². The lowest BCUT2D eigenvalue weighted by molar-refractivity contribution is -0.136. The summed E-state index contributed by atoms with van der Waals surface area (Å²) in [5.41, 5.74) is 0.211. The molecule has 0 unspecified atom stereocenters. The molecule has 0 spiro atoms. The predicted molar refractivity (Wildman–Crippen MR) is 61.5 cm³/mol. The number of aromatic nitrogens is 1. The van der Waals surface area contributed by atoms with Crippen molar-refractivity contribution >= 4 is 38.7 Å². The second kappa shape index (κ2) is 5.64. The highest BCUT2D eigenvalue weighted by Gasteiger charge is 2.16. The molecule has 100 valence electrons. The largest absolute Gasteiger partial charge is 0.481 e. The van der Waals surface area contributed by atoms with Gasteiger partial charge in [0.25, 0.3) is 0 Å². The number of aliphatic carboxylic acids is 1. The predicted octanol–water partition coefficient (Wildman–Crippen LogP) is -0.217. The summed E-state index contributed by atoms with van der Waals surface area (Å²) >= 11 is 0.896. The van der Waals surface area contributed by atoms with E-state index in [1.54, 1.807) is 4.72 Å². The molecule has 0 saturated carbocycles. The van der Waals surface area contributed by atoms with E-state index in [-0.39, 0.29) is 17.2 Å². The first-order chi connectivity index (χ1) is 8.32. The van der Waals surface area contributed by atoms with Crippen molar-refractivity contribution in [3.8, 4) is 0 Å². The second-order valence-electron chi connectivity index (χ2n) is 2.91. The fourth-order valence-corrected chi connectivity index (χ4v) is 2.59. The zero-order valence-electron chi connectivity index (χ0n) is 9.04. The van der Waals surface area contributed by atoms with Crippen molar-refractivity contribution < 1.29 is 27.9 Å². The van der Waals surface area contributed by atoms with Crippen LogP contribution in [-0.2, 0) is 26.2 Å². The number of nitrogens with one attached hydrogen (secondary N) is 2. The van der Waals surface area contributed by atoms with Crippen LogP contribution in [0.1, 0.15) is 5.69 Å². The number of carbonyl (C=O) groups excluding carboxylic acids is 1. The molecular weight excluding hydrogens is 286 g/mol. The van der Waals surface area contributed by atoms with Crippen molar-refractivity contribution in [2.45, 2.75) is 6.42 Å². The Morgan fingerprint density at radius 3 is 2.78 bits per heavy atom. The van der Waals surface area contributed by atoms with E-state index in [4.69, 9.17) is 5.11 Å². The highest BCUT2D eigenvalue weighted by molar-refractivity contribution is 7.91. The number of hydrogen-bond acceptors (Lipinski definition) is 7. The molecule has 0 aliphatic rings. The highest BCUT2D eigenvalue weighted by atomic mass is 32.2. The summed E-state index contributed by atoms with van der Waals surface area (Å²) in [5, 5.41) is 9.85. The number of methoxy groups -OCH3 is 1. The number of ether oxygens (including phenoxy) is 1. The number of amides is 1. The monoisotopic (exact) mass is 295 g/mol. The first kappa shape index (κ1) is 14.2. The molecule has 1 heterocycles. The van der Waals surface area contributed by atoms with Crippen LogP contribution >= 0.6 is 11.3 Å². The molecule has 11 heteroatoms. The molecular formula is C7H9N3O6S2. The van der Waals surface area contributed by atoms with Crippen LogP contribution in [0.15, 0.2) is 5.38 Å². The minimum Gasteiger partial charge on any atom is -0.481 e. The Bertz CT molecular complexity index is 551. The van der Waals surface area contributed by atoms with Gasteiger partial charge in [-0.3, -0.25) is 4.79 Å². The fraction of sp³-hybridized carbons (Fsp3) is 0.286. The number of carboxylic acids is 1. The molecule has 18 heavy (non-hydrogen) atoms. The summed E-state index contributed by atoms with van der Waals surface area (Å²) in [6.45, 7) is 0. The van der Waals surface area contributed by atoms with E-state index in [2.05, 4.69) is 9.72 Å². The van der Waals surface area contributed by atoms with E-state index in [1.165, 1.54) is 5.38 Å². The smallest absolute Gasteiger partial charge is 0.422 e. The number of anilines is 1. The molecule has 3 N–H and O–H groups in total. The van der Waals surface area contributed by atoms with Crippen molar-refractivity contribution in [3.05, 3.63) is 11.1 Å². The molecule has 0 aromatic carbocycles. The van der Waals surface area contributed by atoms with Crippen LogP contribution in [0.2, 0.25) is 0 Å². The zero-order valence-corrected chi connectivity index (χ0v) is 10.7. The van der Waals surface area contributed by atoms with Crippen molar-refractivity contribution in [2.75, 3.05) is 11.8 Å². The van der Waals surface area contributed by atoms with Crippen molar-refractivity contribution in [3.63, 3.8) is 0 Å². The third kappa shape index (κ3) is 4.55. The molecule has 0 bridgehead atoms. The standard InChI is InChI=1S/C7H9N3O6S2/c1-16-7(13)10-18(14,15)9-6-8-4(3-17-6)2-5(11)12/h3H,2H2,1H3,(H,8,9)(H,10,13)(H,11,12). The van der Waals surface area contributed by atoms with Crippen LogP contribution in [-0.4, -0.2) is 37.7 Å². The van der Waals surface area contributed by atoms with Crippen LogP contribution in [0.4, 0.5) is 9.93 Å². The molecule has 0 aliphatic heterocycles. The quantitative estimate of drug-likeness (QED) is 0.683. The van der Waals surface area contributed by atoms with Gasteiger partial charge in [0.1, 0.15) is 0 Å². The fourth-order valence-electron chi connectivity index (χ4n) is 0.882. The number of thiazole rings is 1. The Morgan fingerprint density at radius 1 is 1.56 bits per heavy atom. The van der Waals surface area contributed by atoms with Crippen molar-refractivity contribution in [1.29, 1.82) is 0 Å². The van der Waals surface area contributed by atoms with Crippen LogP contribution in [0.3, 0.4) is 0 Å². The van der Waals surface area contributed by atoms with Gasteiger partial charge < -0.3 is 9.84 Å². The number of hydrogen-bond donors (Lipinski definition) is 3. The van der Waals surface area contributed by atoms with Gasteiger partial charge in [-0.1, -0.05) is 0 Å². The molecule has 1 rings (SSSR count). The summed E-state index contributed by atoms with van der Waals surface area (Å²) in [6, 6.07) is 0. The normalized spacial score (nSPS) is 10.7. The third-order valence-corrected chi connectivity index (χ3v) is 3.34. The van der Waals surface area contributed by atoms with Gasteiger partial charge in [0, 0.05) is 5.38 Å². The Labute approximate surface area is 106 Å².